The van der Waals surface area contributed by atoms with E-state index in [-0.39, 0.29) is 5.78 Å². The minimum absolute atomic E-state index is 0.149. The van der Waals surface area contributed by atoms with Gasteiger partial charge in [0.1, 0.15) is 0 Å². The molecule has 16 heavy (non-hydrogen) atoms. The van der Waals surface area contributed by atoms with Gasteiger partial charge in [-0.2, -0.15) is 11.8 Å². The molecule has 0 aromatic heterocycles. The van der Waals surface area contributed by atoms with Crippen LogP contribution < -0.4 is 0 Å². The smallest absolute Gasteiger partial charge is 0.190 e. The van der Waals surface area contributed by atoms with Crippen molar-refractivity contribution in [3.63, 3.8) is 0 Å². The highest BCUT2D eigenvalue weighted by molar-refractivity contribution is 8.01. The van der Waals surface area contributed by atoms with Crippen LogP contribution in [0, 0.1) is 0 Å². The normalized spacial score (nSPS) is 11.5. The number of carbonyl (C=O) groups is 1. The van der Waals surface area contributed by atoms with E-state index in [4.69, 9.17) is 0 Å². The Morgan fingerprint density at radius 2 is 2.00 bits per heavy atom. The maximum absolute atomic E-state index is 12.1. The first-order valence-electron chi connectivity index (χ1n) is 5.19. The molecule has 0 fully saturated rings. The fourth-order valence-electron chi connectivity index (χ4n) is 1.28. The molecular formula is C13H16OS2. The Morgan fingerprint density at radius 3 is 2.56 bits per heavy atom. The van der Waals surface area contributed by atoms with E-state index in [9.17, 15) is 4.79 Å². The molecule has 0 aliphatic carbocycles. The molecule has 1 nitrogen and oxygen atoms in total. The van der Waals surface area contributed by atoms with E-state index in [1.54, 1.807) is 23.5 Å². The van der Waals surface area contributed by atoms with Gasteiger partial charge in [0.15, 0.2) is 5.78 Å². The first-order valence-corrected chi connectivity index (χ1v) is 7.63. The SMILES string of the molecule is CCSC/C(=C\SC)C(=O)c1ccccc1. The molecule has 0 amide bonds. The Bertz CT molecular complexity index is 357. The predicted molar refractivity (Wildman–Crippen MR) is 75.4 cm³/mol. The third-order valence-electron chi connectivity index (χ3n) is 2.05. The highest BCUT2D eigenvalue weighted by Crippen LogP contribution is 2.16. The summed E-state index contributed by atoms with van der Waals surface area (Å²) in [7, 11) is 0. The summed E-state index contributed by atoms with van der Waals surface area (Å²) in [6.45, 7) is 2.11. The van der Waals surface area contributed by atoms with Gasteiger partial charge in [0.05, 0.1) is 0 Å². The molecule has 1 rings (SSSR count). The van der Waals surface area contributed by atoms with Crippen molar-refractivity contribution >= 4 is 29.3 Å². The second kappa shape index (κ2) is 7.58. The first kappa shape index (κ1) is 13.4. The molecule has 0 spiro atoms. The van der Waals surface area contributed by atoms with Crippen LogP contribution in [-0.2, 0) is 0 Å². The van der Waals surface area contributed by atoms with Gasteiger partial charge in [0.25, 0.3) is 0 Å². The molecule has 0 saturated carbocycles. The van der Waals surface area contributed by atoms with Crippen LogP contribution in [0.4, 0.5) is 0 Å². The molecule has 0 atom stereocenters. The summed E-state index contributed by atoms with van der Waals surface area (Å²) in [6, 6.07) is 9.46. The van der Waals surface area contributed by atoms with Crippen molar-refractivity contribution < 1.29 is 4.79 Å². The molecule has 0 aliphatic heterocycles. The summed E-state index contributed by atoms with van der Waals surface area (Å²) in [5, 5.41) is 1.96. The van der Waals surface area contributed by atoms with E-state index < -0.39 is 0 Å². The second-order valence-corrected chi connectivity index (χ2v) is 5.19. The number of hydrogen-bond acceptors (Lipinski definition) is 3. The monoisotopic (exact) mass is 252 g/mol. The van der Waals surface area contributed by atoms with Gasteiger partial charge in [-0.1, -0.05) is 37.3 Å². The van der Waals surface area contributed by atoms with E-state index in [0.717, 1.165) is 22.6 Å². The van der Waals surface area contributed by atoms with Gasteiger partial charge in [-0.05, 0) is 17.4 Å². The van der Waals surface area contributed by atoms with Crippen LogP contribution in [0.1, 0.15) is 17.3 Å². The molecule has 0 radical (unpaired) electrons. The quantitative estimate of drug-likeness (QED) is 0.565. The van der Waals surface area contributed by atoms with Crippen molar-refractivity contribution in [2.75, 3.05) is 17.8 Å². The largest absolute Gasteiger partial charge is 0.289 e. The van der Waals surface area contributed by atoms with Crippen LogP contribution in [-0.4, -0.2) is 23.5 Å². The average Bonchev–Trinajstić information content (AvgIpc) is 2.35. The summed E-state index contributed by atoms with van der Waals surface area (Å²) in [4.78, 5) is 12.1. The summed E-state index contributed by atoms with van der Waals surface area (Å²) < 4.78 is 0. The van der Waals surface area contributed by atoms with Crippen molar-refractivity contribution in [2.24, 2.45) is 0 Å². The van der Waals surface area contributed by atoms with E-state index in [2.05, 4.69) is 6.92 Å². The third-order valence-corrected chi connectivity index (χ3v) is 3.49. The zero-order valence-corrected chi connectivity index (χ0v) is 11.2. The summed E-state index contributed by atoms with van der Waals surface area (Å²) in [5.74, 6) is 1.98. The number of ketones is 1. The third kappa shape index (κ3) is 4.06. The first-order chi connectivity index (χ1) is 7.79. The lowest BCUT2D eigenvalue weighted by atomic mass is 10.1. The van der Waals surface area contributed by atoms with Gasteiger partial charge in [-0.3, -0.25) is 4.79 Å². The molecule has 0 saturated heterocycles. The fourth-order valence-corrected chi connectivity index (χ4v) is 2.50. The predicted octanol–water partition coefficient (Wildman–Crippen LogP) is 3.87. The summed E-state index contributed by atoms with van der Waals surface area (Å²) >= 11 is 3.36. The topological polar surface area (TPSA) is 17.1 Å². The lowest BCUT2D eigenvalue weighted by Crippen LogP contribution is -2.05. The van der Waals surface area contributed by atoms with Gasteiger partial charge >= 0.3 is 0 Å². The van der Waals surface area contributed by atoms with Crippen LogP contribution >= 0.6 is 23.5 Å². The molecule has 0 bridgehead atoms. The number of thioether (sulfide) groups is 2. The minimum atomic E-state index is 0.149. The molecule has 0 N–H and O–H groups in total. The molecule has 1 aromatic carbocycles. The van der Waals surface area contributed by atoms with Crippen molar-refractivity contribution in [1.29, 1.82) is 0 Å². The lowest BCUT2D eigenvalue weighted by Gasteiger charge is -2.05. The number of Topliss-reactive ketones (excluding diaryl/α,β-unsaturated/α-hetero) is 1. The fraction of sp³-hybridized carbons (Fsp3) is 0.308. The van der Waals surface area contributed by atoms with Crippen LogP contribution in [0.2, 0.25) is 0 Å². The highest BCUT2D eigenvalue weighted by Gasteiger charge is 2.11. The van der Waals surface area contributed by atoms with Gasteiger partial charge in [-0.15, -0.1) is 11.8 Å². The number of rotatable bonds is 6. The standard InChI is InChI=1S/C13H16OS2/c1-3-16-10-12(9-15-2)13(14)11-7-5-4-6-8-11/h4-9H,3,10H2,1-2H3/b12-9+. The van der Waals surface area contributed by atoms with E-state index in [0.29, 0.717) is 0 Å². The van der Waals surface area contributed by atoms with Gasteiger partial charge in [0.2, 0.25) is 0 Å². The maximum Gasteiger partial charge on any atom is 0.190 e. The molecular weight excluding hydrogens is 236 g/mol. The molecule has 1 aromatic rings. The maximum atomic E-state index is 12.1. The molecule has 0 aliphatic rings. The van der Waals surface area contributed by atoms with E-state index in [1.807, 2.05) is 42.0 Å². The van der Waals surface area contributed by atoms with Crippen molar-refractivity contribution in [1.82, 2.24) is 0 Å². The Balaban J connectivity index is 2.80. The van der Waals surface area contributed by atoms with Crippen molar-refractivity contribution in [3.05, 3.63) is 46.9 Å². The Hall–Kier alpha value is -0.670. The van der Waals surface area contributed by atoms with Crippen LogP contribution in [0.5, 0.6) is 0 Å². The number of benzene rings is 1. The highest BCUT2D eigenvalue weighted by atomic mass is 32.2. The average molecular weight is 252 g/mol. The van der Waals surface area contributed by atoms with Gasteiger partial charge in [-0.25, -0.2) is 0 Å². The van der Waals surface area contributed by atoms with Gasteiger partial charge in [0, 0.05) is 16.9 Å². The van der Waals surface area contributed by atoms with Crippen molar-refractivity contribution in [3.8, 4) is 0 Å². The van der Waals surface area contributed by atoms with E-state index >= 15 is 0 Å². The molecule has 3 heteroatoms. The Labute approximate surface area is 106 Å². The molecule has 0 heterocycles. The number of carbonyl (C=O) groups excluding carboxylic acids is 1. The lowest BCUT2D eigenvalue weighted by molar-refractivity contribution is 0.103. The molecule has 0 unspecified atom stereocenters. The van der Waals surface area contributed by atoms with Crippen LogP contribution in [0.25, 0.3) is 0 Å². The second-order valence-electron chi connectivity index (χ2n) is 3.21. The Morgan fingerprint density at radius 1 is 1.31 bits per heavy atom. The van der Waals surface area contributed by atoms with E-state index in [1.165, 1.54) is 0 Å². The minimum Gasteiger partial charge on any atom is -0.289 e. The zero-order valence-electron chi connectivity index (χ0n) is 9.60. The Kier molecular flexibility index (Phi) is 6.34. The number of hydrogen-bond donors (Lipinski definition) is 0. The van der Waals surface area contributed by atoms with Crippen LogP contribution in [0.15, 0.2) is 41.3 Å². The zero-order chi connectivity index (χ0) is 11.8. The summed E-state index contributed by atoms with van der Waals surface area (Å²) in [6.07, 6.45) is 1.98. The van der Waals surface area contributed by atoms with Crippen LogP contribution in [0.3, 0.4) is 0 Å². The van der Waals surface area contributed by atoms with Gasteiger partial charge < -0.3 is 0 Å². The molecule has 86 valence electrons. The summed E-state index contributed by atoms with van der Waals surface area (Å²) in [5.41, 5.74) is 1.67. The van der Waals surface area contributed by atoms with Crippen molar-refractivity contribution in [2.45, 2.75) is 6.92 Å².